The number of aryl methyl sites for hydroxylation is 1. The Morgan fingerprint density at radius 2 is 1.31 bits per heavy atom. The van der Waals surface area contributed by atoms with Gasteiger partial charge in [0.1, 0.15) is 0 Å². The molecule has 1 unspecified atom stereocenters. The second kappa shape index (κ2) is 15.9. The fourth-order valence-electron chi connectivity index (χ4n) is 3.73. The van der Waals surface area contributed by atoms with Gasteiger partial charge in [0.15, 0.2) is 11.5 Å². The van der Waals surface area contributed by atoms with Crippen molar-refractivity contribution in [3.63, 3.8) is 0 Å². The number of rotatable bonds is 16. The average molecular weight is 447 g/mol. The van der Waals surface area contributed by atoms with Crippen molar-refractivity contribution in [2.45, 2.75) is 112 Å². The average Bonchev–Trinajstić information content (AvgIpc) is 2.75. The van der Waals surface area contributed by atoms with Crippen molar-refractivity contribution >= 4 is 11.9 Å². The lowest BCUT2D eigenvalue weighted by Gasteiger charge is -2.19. The summed E-state index contributed by atoms with van der Waals surface area (Å²) in [6.45, 7) is 11.7. The SMILES string of the molecule is CCCCCCC(CCCCC)CCc1cccc(OC(=O)C(C)C)c1OC(=O)C(C)C. The molecule has 0 saturated carbocycles. The monoisotopic (exact) mass is 446 g/mol. The van der Waals surface area contributed by atoms with Crippen molar-refractivity contribution in [1.82, 2.24) is 0 Å². The lowest BCUT2D eigenvalue weighted by atomic mass is 9.89. The first-order valence-electron chi connectivity index (χ1n) is 12.8. The highest BCUT2D eigenvalue weighted by Gasteiger charge is 2.21. The van der Waals surface area contributed by atoms with Crippen molar-refractivity contribution < 1.29 is 19.1 Å². The fourth-order valence-corrected chi connectivity index (χ4v) is 3.73. The van der Waals surface area contributed by atoms with Crippen LogP contribution < -0.4 is 9.47 Å². The molecule has 0 aromatic heterocycles. The van der Waals surface area contributed by atoms with Crippen molar-refractivity contribution in [3.8, 4) is 11.5 Å². The van der Waals surface area contributed by atoms with Gasteiger partial charge in [-0.25, -0.2) is 0 Å². The van der Waals surface area contributed by atoms with Gasteiger partial charge < -0.3 is 9.47 Å². The molecule has 0 aliphatic carbocycles. The smallest absolute Gasteiger partial charge is 0.313 e. The highest BCUT2D eigenvalue weighted by molar-refractivity contribution is 5.78. The summed E-state index contributed by atoms with van der Waals surface area (Å²) in [5.41, 5.74) is 0.946. The van der Waals surface area contributed by atoms with Gasteiger partial charge in [0.25, 0.3) is 0 Å². The summed E-state index contributed by atoms with van der Waals surface area (Å²) in [6.07, 6.45) is 13.3. The third-order valence-corrected chi connectivity index (χ3v) is 5.92. The summed E-state index contributed by atoms with van der Waals surface area (Å²) < 4.78 is 11.3. The van der Waals surface area contributed by atoms with E-state index in [-0.39, 0.29) is 23.8 Å². The molecule has 0 aliphatic heterocycles. The number of unbranched alkanes of at least 4 members (excludes halogenated alkanes) is 5. The molecule has 0 radical (unpaired) electrons. The van der Waals surface area contributed by atoms with E-state index in [0.717, 1.165) is 18.4 Å². The van der Waals surface area contributed by atoms with E-state index in [4.69, 9.17) is 9.47 Å². The van der Waals surface area contributed by atoms with Crippen LogP contribution in [0.15, 0.2) is 18.2 Å². The van der Waals surface area contributed by atoms with Gasteiger partial charge in [0.05, 0.1) is 11.8 Å². The van der Waals surface area contributed by atoms with Crippen LogP contribution in [0.1, 0.15) is 111 Å². The van der Waals surface area contributed by atoms with Crippen molar-refractivity contribution in [3.05, 3.63) is 23.8 Å². The first-order valence-corrected chi connectivity index (χ1v) is 12.8. The molecule has 1 aromatic carbocycles. The van der Waals surface area contributed by atoms with Crippen LogP contribution in [0.25, 0.3) is 0 Å². The molecule has 0 aliphatic rings. The first-order chi connectivity index (χ1) is 15.3. The zero-order valence-electron chi connectivity index (χ0n) is 21.4. The van der Waals surface area contributed by atoms with Crippen molar-refractivity contribution in [1.29, 1.82) is 0 Å². The number of ether oxygens (including phenoxy) is 2. The number of para-hydroxylation sites is 1. The molecule has 0 fully saturated rings. The Bertz CT molecular complexity index is 678. The summed E-state index contributed by atoms with van der Waals surface area (Å²) in [4.78, 5) is 24.6. The van der Waals surface area contributed by atoms with E-state index in [1.54, 1.807) is 19.9 Å². The maximum absolute atomic E-state index is 12.4. The lowest BCUT2D eigenvalue weighted by molar-refractivity contribution is -0.140. The normalized spacial score (nSPS) is 12.2. The largest absolute Gasteiger partial charge is 0.422 e. The first kappa shape index (κ1) is 28.2. The van der Waals surface area contributed by atoms with Gasteiger partial charge in [-0.05, 0) is 30.4 Å². The Morgan fingerprint density at radius 3 is 1.91 bits per heavy atom. The second-order valence-electron chi connectivity index (χ2n) is 9.65. The highest BCUT2D eigenvalue weighted by Crippen LogP contribution is 2.35. The molecule has 0 amide bonds. The van der Waals surface area contributed by atoms with Crippen molar-refractivity contribution in [2.75, 3.05) is 0 Å². The van der Waals surface area contributed by atoms with Crippen LogP contribution in [0.2, 0.25) is 0 Å². The van der Waals surface area contributed by atoms with E-state index >= 15 is 0 Å². The number of carbonyl (C=O) groups excluding carboxylic acids is 2. The van der Waals surface area contributed by atoms with Crippen LogP contribution in [0, 0.1) is 17.8 Å². The van der Waals surface area contributed by atoms with Gasteiger partial charge in [-0.2, -0.15) is 0 Å². The molecular weight excluding hydrogens is 400 g/mol. The van der Waals surface area contributed by atoms with Gasteiger partial charge in [0.2, 0.25) is 0 Å². The Balaban J connectivity index is 2.99. The third-order valence-electron chi connectivity index (χ3n) is 5.92. The molecule has 1 aromatic rings. The van der Waals surface area contributed by atoms with E-state index in [0.29, 0.717) is 17.4 Å². The summed E-state index contributed by atoms with van der Waals surface area (Å²) >= 11 is 0. The van der Waals surface area contributed by atoms with Gasteiger partial charge in [-0.3, -0.25) is 9.59 Å². The molecule has 0 bridgehead atoms. The van der Waals surface area contributed by atoms with Gasteiger partial charge in [-0.15, -0.1) is 0 Å². The van der Waals surface area contributed by atoms with Crippen LogP contribution in [-0.4, -0.2) is 11.9 Å². The minimum absolute atomic E-state index is 0.252. The molecule has 32 heavy (non-hydrogen) atoms. The van der Waals surface area contributed by atoms with Crippen LogP contribution in [0.5, 0.6) is 11.5 Å². The highest BCUT2D eigenvalue weighted by atomic mass is 16.6. The fraction of sp³-hybridized carbons (Fsp3) is 0.714. The molecule has 0 N–H and O–H groups in total. The van der Waals surface area contributed by atoms with Gasteiger partial charge in [0, 0.05) is 0 Å². The molecule has 1 atom stereocenters. The topological polar surface area (TPSA) is 52.6 Å². The molecular formula is C28H46O4. The molecule has 1 rings (SSSR count). The van der Waals surface area contributed by atoms with Gasteiger partial charge in [-0.1, -0.05) is 111 Å². The second-order valence-corrected chi connectivity index (χ2v) is 9.65. The van der Waals surface area contributed by atoms with E-state index in [1.165, 1.54) is 57.8 Å². The number of esters is 2. The van der Waals surface area contributed by atoms with Crippen LogP contribution >= 0.6 is 0 Å². The lowest BCUT2D eigenvalue weighted by Crippen LogP contribution is -2.19. The third kappa shape index (κ3) is 10.7. The quantitative estimate of drug-likeness (QED) is 0.147. The summed E-state index contributed by atoms with van der Waals surface area (Å²) in [7, 11) is 0. The maximum atomic E-state index is 12.4. The van der Waals surface area contributed by atoms with Crippen LogP contribution in [0.4, 0.5) is 0 Å². The summed E-state index contributed by atoms with van der Waals surface area (Å²) in [6, 6.07) is 5.60. The summed E-state index contributed by atoms with van der Waals surface area (Å²) in [5, 5.41) is 0. The predicted octanol–water partition coefficient (Wildman–Crippen LogP) is 7.91. The summed E-state index contributed by atoms with van der Waals surface area (Å²) in [5.74, 6) is 0.305. The molecule has 0 saturated heterocycles. The number of hydrogen-bond acceptors (Lipinski definition) is 4. The van der Waals surface area contributed by atoms with Crippen LogP contribution in [-0.2, 0) is 16.0 Å². The minimum atomic E-state index is -0.322. The minimum Gasteiger partial charge on any atom is -0.422 e. The van der Waals surface area contributed by atoms with E-state index in [2.05, 4.69) is 13.8 Å². The zero-order valence-corrected chi connectivity index (χ0v) is 21.4. The standard InChI is InChI=1S/C28H46O4/c1-7-9-11-13-16-23(15-12-10-8-2)19-20-24-17-14-18-25(31-27(29)21(3)4)26(24)32-28(30)22(5)6/h14,17-18,21-23H,7-13,15-16,19-20H2,1-6H3. The Morgan fingerprint density at radius 1 is 0.750 bits per heavy atom. The molecule has 0 spiro atoms. The van der Waals surface area contributed by atoms with E-state index in [9.17, 15) is 9.59 Å². The Hall–Kier alpha value is -1.84. The molecule has 4 heteroatoms. The Kier molecular flexibility index (Phi) is 14.0. The van der Waals surface area contributed by atoms with Crippen molar-refractivity contribution in [2.24, 2.45) is 17.8 Å². The predicted molar refractivity (Wildman–Crippen MR) is 132 cm³/mol. The molecule has 182 valence electrons. The van der Waals surface area contributed by atoms with Crippen LogP contribution in [0.3, 0.4) is 0 Å². The number of carbonyl (C=O) groups is 2. The van der Waals surface area contributed by atoms with Gasteiger partial charge >= 0.3 is 11.9 Å². The maximum Gasteiger partial charge on any atom is 0.313 e. The number of benzene rings is 1. The molecule has 0 heterocycles. The zero-order chi connectivity index (χ0) is 23.9. The van der Waals surface area contributed by atoms with E-state index < -0.39 is 0 Å². The number of hydrogen-bond donors (Lipinski definition) is 0. The molecule has 4 nitrogen and oxygen atoms in total. The Labute approximate surface area is 196 Å². The van der Waals surface area contributed by atoms with E-state index in [1.807, 2.05) is 26.0 Å².